The van der Waals surface area contributed by atoms with Gasteiger partial charge in [-0.2, -0.15) is 4.99 Å². The first-order valence-electron chi connectivity index (χ1n) is 13.0. The van der Waals surface area contributed by atoms with Gasteiger partial charge in [-0.3, -0.25) is 27.2 Å². The Morgan fingerprint density at radius 1 is 0.911 bits per heavy atom. The van der Waals surface area contributed by atoms with E-state index in [4.69, 9.17) is 39.0 Å². The number of aromatic nitrogens is 6. The van der Waals surface area contributed by atoms with Crippen molar-refractivity contribution in [3.8, 4) is 0 Å². The van der Waals surface area contributed by atoms with Gasteiger partial charge in [0.05, 0.1) is 31.6 Å². The Balaban J connectivity index is 1.19. The Kier molecular flexibility index (Phi) is 7.28. The van der Waals surface area contributed by atoms with E-state index in [-0.39, 0.29) is 40.2 Å². The molecule has 10 atom stereocenters. The van der Waals surface area contributed by atoms with Crippen LogP contribution < -0.4 is 16.8 Å². The third-order valence-corrected chi connectivity index (χ3v) is 9.31. The van der Waals surface area contributed by atoms with E-state index in [2.05, 4.69) is 36.8 Å². The van der Waals surface area contributed by atoms with Gasteiger partial charge in [0, 0.05) is 0 Å². The summed E-state index contributed by atoms with van der Waals surface area (Å²) < 4.78 is 91.9. The van der Waals surface area contributed by atoms with E-state index in [0.717, 1.165) is 17.2 Å². The maximum absolute atomic E-state index is 15.9. The molecule has 4 unspecified atom stereocenters. The molecule has 4 aliphatic rings. The molecular formula is C21H24F2N10O10P2. The second-order valence-electron chi connectivity index (χ2n) is 10.2. The number of aliphatic imine (C=N–C) groups is 1. The lowest BCUT2D eigenvalue weighted by atomic mass is 10.1. The Hall–Kier alpha value is -3.43. The molecule has 0 amide bonds. The number of anilines is 1. The van der Waals surface area contributed by atoms with Crippen LogP contribution in [-0.4, -0.2) is 94.8 Å². The average molecular weight is 676 g/mol. The van der Waals surface area contributed by atoms with E-state index >= 15 is 8.78 Å². The first-order chi connectivity index (χ1) is 21.3. The number of fused-ring (bicyclic) bond motifs is 5. The summed E-state index contributed by atoms with van der Waals surface area (Å²) in [4.78, 5) is 41.3. The highest BCUT2D eigenvalue weighted by atomic mass is 31.2. The van der Waals surface area contributed by atoms with Crippen LogP contribution in [0.15, 0.2) is 30.6 Å². The molecule has 0 spiro atoms. The summed E-state index contributed by atoms with van der Waals surface area (Å²) in [5, 5.41) is 2.68. The van der Waals surface area contributed by atoms with Gasteiger partial charge >= 0.3 is 15.6 Å². The zero-order valence-electron chi connectivity index (χ0n) is 22.6. The van der Waals surface area contributed by atoms with E-state index in [9.17, 15) is 18.9 Å². The summed E-state index contributed by atoms with van der Waals surface area (Å²) in [6, 6.07) is 0. The summed E-state index contributed by atoms with van der Waals surface area (Å²) in [6.07, 6.45) is -11.2. The van der Waals surface area contributed by atoms with Crippen LogP contribution in [0, 0.1) is 0 Å². The molecule has 7 N–H and O–H groups in total. The normalized spacial score (nSPS) is 38.8. The van der Waals surface area contributed by atoms with E-state index in [1.54, 1.807) is 0 Å². The van der Waals surface area contributed by atoms with Gasteiger partial charge in [-0.15, -0.1) is 0 Å². The fourth-order valence-electron chi connectivity index (χ4n) is 5.32. The number of hydrogen-bond acceptors (Lipinski definition) is 16. The third kappa shape index (κ3) is 5.31. The van der Waals surface area contributed by atoms with Gasteiger partial charge in [0.25, 0.3) is 0 Å². The fourth-order valence-corrected chi connectivity index (χ4v) is 7.20. The Labute approximate surface area is 250 Å². The summed E-state index contributed by atoms with van der Waals surface area (Å²) in [6.45, 7) is 1.92. The number of alkyl halides is 2. The van der Waals surface area contributed by atoms with Gasteiger partial charge in [-0.1, -0.05) is 6.58 Å². The average Bonchev–Trinajstić information content (AvgIpc) is 3.72. The summed E-state index contributed by atoms with van der Waals surface area (Å²) in [7, 11) is -10.4. The van der Waals surface area contributed by atoms with Crippen LogP contribution in [0.25, 0.3) is 16.9 Å². The zero-order valence-corrected chi connectivity index (χ0v) is 24.4. The highest BCUT2D eigenvalue weighted by molar-refractivity contribution is 7.47. The van der Waals surface area contributed by atoms with Crippen LogP contribution in [0.2, 0.25) is 0 Å². The monoisotopic (exact) mass is 676 g/mol. The molecule has 45 heavy (non-hydrogen) atoms. The maximum atomic E-state index is 15.9. The topological polar surface area (TPSA) is 268 Å². The minimum atomic E-state index is -5.19. The van der Waals surface area contributed by atoms with Crippen molar-refractivity contribution >= 4 is 50.1 Å². The minimum absolute atomic E-state index is 0.00434. The lowest BCUT2D eigenvalue weighted by Gasteiger charge is -2.26. The molecule has 0 saturated carbocycles. The summed E-state index contributed by atoms with van der Waals surface area (Å²) in [5.74, 6) is -0.0283. The highest BCUT2D eigenvalue weighted by Crippen LogP contribution is 2.54. The molecule has 7 heterocycles. The number of nitrogen functional groups attached to an aromatic ring is 1. The molecule has 0 radical (unpaired) electrons. The second-order valence-corrected chi connectivity index (χ2v) is 13.0. The molecule has 4 aliphatic heterocycles. The SMILES string of the molecule is C=C1NC(N)=Nc2c1ncn2[C@@H]1O[C@@H]2COP(=O)(O)O[C@H]3C(F)[C@H](n4cnc5c(N)ncnc54)O[C@@H]3COP(=O)(O)O[C@@H]1C2F. The van der Waals surface area contributed by atoms with Crippen LogP contribution in [-0.2, 0) is 36.7 Å². The number of rotatable bonds is 2. The number of ether oxygens (including phenoxy) is 2. The number of nitrogens with zero attached hydrogens (tertiary/aromatic N) is 7. The number of halogens is 2. The van der Waals surface area contributed by atoms with Crippen molar-refractivity contribution in [1.82, 2.24) is 34.4 Å². The van der Waals surface area contributed by atoms with Crippen molar-refractivity contribution in [1.29, 1.82) is 0 Å². The van der Waals surface area contributed by atoms with Crippen molar-refractivity contribution in [2.24, 2.45) is 10.7 Å². The summed E-state index contributed by atoms with van der Waals surface area (Å²) in [5.41, 5.74) is 12.2. The van der Waals surface area contributed by atoms with Crippen LogP contribution in [0.1, 0.15) is 18.1 Å². The molecule has 20 nitrogen and oxygen atoms in total. The Morgan fingerprint density at radius 2 is 1.58 bits per heavy atom. The lowest BCUT2D eigenvalue weighted by Crippen LogP contribution is -2.34. The molecule has 0 aliphatic carbocycles. The van der Waals surface area contributed by atoms with Gasteiger partial charge in [0.15, 0.2) is 48.0 Å². The van der Waals surface area contributed by atoms with Crippen LogP contribution >= 0.6 is 15.6 Å². The van der Waals surface area contributed by atoms with Crippen molar-refractivity contribution in [3.63, 3.8) is 0 Å². The standard InChI is InChI=1S/C21H24F2N10O10P2/c1-7-12-18(31-21(25)30-7)33(5-28-12)20-15-10(22)8(40-20)2-38-44(34,35)42-14-9(3-39-45(36,37)43-15)41-19(11(14)23)32-6-29-13-16(24)26-4-27-17(13)32/h4-6,8-11,14-15,19-20H,1-3H2,(H,34,35)(H,36,37)(H2,24,26,27)(H3,25,30,31)/t8-,9-,10?,11?,14-,15-,19-,20-/m1/s1. The molecule has 3 saturated heterocycles. The largest absolute Gasteiger partial charge is 0.472 e. The zero-order chi connectivity index (χ0) is 31.8. The van der Waals surface area contributed by atoms with E-state index < -0.39 is 78.1 Å². The van der Waals surface area contributed by atoms with Crippen LogP contribution in [0.3, 0.4) is 0 Å². The van der Waals surface area contributed by atoms with Gasteiger partial charge in [0.2, 0.25) is 0 Å². The van der Waals surface area contributed by atoms with Crippen LogP contribution in [0.5, 0.6) is 0 Å². The predicted octanol–water partition coefficient (Wildman–Crippen LogP) is 0.314. The molecule has 0 aromatic carbocycles. The van der Waals surface area contributed by atoms with Gasteiger partial charge in [-0.05, 0) is 0 Å². The lowest BCUT2D eigenvalue weighted by molar-refractivity contribution is -0.0674. The van der Waals surface area contributed by atoms with Crippen LogP contribution in [0.4, 0.5) is 20.4 Å². The number of guanidine groups is 1. The van der Waals surface area contributed by atoms with Crippen molar-refractivity contribution < 1.29 is 55.3 Å². The number of nitrogens with two attached hydrogens (primary N) is 2. The number of phosphoric acid groups is 2. The predicted molar refractivity (Wildman–Crippen MR) is 144 cm³/mol. The molecule has 242 valence electrons. The molecule has 7 rings (SSSR count). The molecule has 24 heteroatoms. The molecular weight excluding hydrogens is 652 g/mol. The van der Waals surface area contributed by atoms with Gasteiger partial charge < -0.3 is 36.0 Å². The second kappa shape index (κ2) is 10.8. The fraction of sp³-hybridized carbons (Fsp3) is 0.476. The van der Waals surface area contributed by atoms with Gasteiger partial charge in [-0.25, -0.2) is 37.8 Å². The first kappa shape index (κ1) is 30.2. The highest BCUT2D eigenvalue weighted by Gasteiger charge is 2.55. The third-order valence-electron chi connectivity index (χ3n) is 7.34. The number of nitrogens with one attached hydrogen (secondary N) is 1. The minimum Gasteiger partial charge on any atom is -0.382 e. The summed E-state index contributed by atoms with van der Waals surface area (Å²) >= 11 is 0. The first-order valence-corrected chi connectivity index (χ1v) is 16.0. The van der Waals surface area contributed by atoms with E-state index in [1.807, 2.05) is 0 Å². The van der Waals surface area contributed by atoms with E-state index in [1.165, 1.54) is 10.9 Å². The number of phosphoric ester groups is 2. The number of imidazole rings is 2. The smallest absolute Gasteiger partial charge is 0.382 e. The van der Waals surface area contributed by atoms with Crippen molar-refractivity contribution in [2.45, 2.75) is 49.2 Å². The molecule has 2 bridgehead atoms. The van der Waals surface area contributed by atoms with Gasteiger partial charge in [0.1, 0.15) is 42.0 Å². The number of hydrogen-bond donors (Lipinski definition) is 5. The van der Waals surface area contributed by atoms with Crippen molar-refractivity contribution in [3.05, 3.63) is 31.3 Å². The van der Waals surface area contributed by atoms with E-state index in [0.29, 0.717) is 0 Å². The molecule has 3 aromatic rings. The molecule has 3 aromatic heterocycles. The maximum Gasteiger partial charge on any atom is 0.472 e. The Morgan fingerprint density at radius 3 is 2.33 bits per heavy atom. The molecule has 3 fully saturated rings. The quantitative estimate of drug-likeness (QED) is 0.229. The van der Waals surface area contributed by atoms with Crippen molar-refractivity contribution in [2.75, 3.05) is 18.9 Å². The Bertz CT molecular complexity index is 1810.